The molecule has 0 spiro atoms. The Morgan fingerprint density at radius 1 is 1.15 bits per heavy atom. The van der Waals surface area contributed by atoms with Crippen molar-refractivity contribution in [3.8, 4) is 0 Å². The Morgan fingerprint density at radius 3 is 2.54 bits per heavy atom. The van der Waals surface area contributed by atoms with Crippen LogP contribution in [0.1, 0.15) is 49.4 Å². The molecule has 6 heteroatoms. The van der Waals surface area contributed by atoms with E-state index in [0.717, 1.165) is 16.8 Å². The summed E-state index contributed by atoms with van der Waals surface area (Å²) in [5.41, 5.74) is 9.56. The second-order valence-corrected chi connectivity index (χ2v) is 7.20. The van der Waals surface area contributed by atoms with Crippen LogP contribution in [0, 0.1) is 0 Å². The maximum absolute atomic E-state index is 6.66. The van der Waals surface area contributed by atoms with Gasteiger partial charge in [-0.3, -0.25) is 10.7 Å². The van der Waals surface area contributed by atoms with Gasteiger partial charge in [0.2, 0.25) is 11.7 Å². The van der Waals surface area contributed by atoms with Crippen LogP contribution >= 0.6 is 0 Å². The van der Waals surface area contributed by atoms with E-state index >= 15 is 0 Å². The van der Waals surface area contributed by atoms with E-state index in [1.165, 1.54) is 12.8 Å². The molecule has 0 radical (unpaired) electrons. The highest BCUT2D eigenvalue weighted by atomic mass is 15.4. The fraction of sp³-hybridized carbons (Fsp3) is 0.350. The Morgan fingerprint density at radius 2 is 1.92 bits per heavy atom. The fourth-order valence-corrected chi connectivity index (χ4v) is 2.98. The van der Waals surface area contributed by atoms with Crippen molar-refractivity contribution in [3.63, 3.8) is 0 Å². The molecule has 1 aromatic heterocycles. The lowest BCUT2D eigenvalue weighted by Gasteiger charge is -2.32. The van der Waals surface area contributed by atoms with Crippen molar-refractivity contribution in [1.29, 1.82) is 0 Å². The number of hydrogen-bond acceptors (Lipinski definition) is 6. The van der Waals surface area contributed by atoms with Crippen LogP contribution in [0.25, 0.3) is 0 Å². The van der Waals surface area contributed by atoms with E-state index in [-0.39, 0.29) is 6.04 Å². The summed E-state index contributed by atoms with van der Waals surface area (Å²) < 4.78 is 0. The molecule has 2 heterocycles. The molecule has 26 heavy (non-hydrogen) atoms. The number of amidine groups is 1. The maximum Gasteiger partial charge on any atom is 0.223 e. The molecule has 134 valence electrons. The smallest absolute Gasteiger partial charge is 0.223 e. The van der Waals surface area contributed by atoms with E-state index in [1.807, 2.05) is 56.4 Å². The standard InChI is InChI=1S/C20H24N6/c1-13(2)23-19-24-18(15-6-4-3-5-7-15)25-20(21,26-19)16-10-11-17(22-12-16)14-8-9-14/h3-7,10-14H,8-9,21H2,1-2H3,(H2,23,24,25,26). The van der Waals surface area contributed by atoms with Gasteiger partial charge in [0.25, 0.3) is 0 Å². The van der Waals surface area contributed by atoms with Crippen LogP contribution in [0.5, 0.6) is 0 Å². The van der Waals surface area contributed by atoms with Gasteiger partial charge >= 0.3 is 0 Å². The zero-order valence-electron chi connectivity index (χ0n) is 15.1. The molecule has 1 aliphatic heterocycles. The SMILES string of the molecule is CC(C)NC1=NC(N)(c2ccc(C3CC3)nc2)NC(c2ccccc2)=N1. The lowest BCUT2D eigenvalue weighted by molar-refractivity contribution is 0.421. The number of hydrogen-bond donors (Lipinski definition) is 3. The molecule has 4 N–H and O–H groups in total. The lowest BCUT2D eigenvalue weighted by Crippen LogP contribution is -2.56. The van der Waals surface area contributed by atoms with Gasteiger partial charge in [0.1, 0.15) is 5.84 Å². The molecule has 1 unspecified atom stereocenters. The Hall–Kier alpha value is -2.73. The highest BCUT2D eigenvalue weighted by Crippen LogP contribution is 2.39. The van der Waals surface area contributed by atoms with Gasteiger partial charge in [-0.25, -0.2) is 4.99 Å². The third-order valence-corrected chi connectivity index (χ3v) is 4.50. The molecule has 1 aromatic carbocycles. The van der Waals surface area contributed by atoms with Crippen molar-refractivity contribution in [1.82, 2.24) is 15.6 Å². The molecule has 2 aromatic rings. The summed E-state index contributed by atoms with van der Waals surface area (Å²) >= 11 is 0. The molecule has 0 bridgehead atoms. The number of pyridine rings is 1. The van der Waals surface area contributed by atoms with Crippen molar-refractivity contribution >= 4 is 11.8 Å². The van der Waals surface area contributed by atoms with Crippen LogP contribution in [0.4, 0.5) is 0 Å². The van der Waals surface area contributed by atoms with Crippen molar-refractivity contribution in [2.75, 3.05) is 0 Å². The van der Waals surface area contributed by atoms with E-state index in [9.17, 15) is 0 Å². The van der Waals surface area contributed by atoms with Crippen molar-refractivity contribution in [2.24, 2.45) is 15.7 Å². The summed E-state index contributed by atoms with van der Waals surface area (Å²) in [5.74, 6) is 0.711. The zero-order chi connectivity index (χ0) is 18.1. The topological polar surface area (TPSA) is 87.7 Å². The van der Waals surface area contributed by atoms with E-state index in [4.69, 9.17) is 5.73 Å². The predicted octanol–water partition coefficient (Wildman–Crippen LogP) is 2.43. The second kappa shape index (κ2) is 6.53. The van der Waals surface area contributed by atoms with Crippen molar-refractivity contribution in [2.45, 2.75) is 44.4 Å². The van der Waals surface area contributed by atoms with Gasteiger partial charge in [-0.1, -0.05) is 30.3 Å². The molecule has 1 saturated carbocycles. The number of guanidine groups is 1. The Kier molecular flexibility index (Phi) is 4.20. The number of aromatic nitrogens is 1. The average Bonchev–Trinajstić information content (AvgIpc) is 3.47. The Balaban J connectivity index is 1.69. The van der Waals surface area contributed by atoms with E-state index in [2.05, 4.69) is 31.7 Å². The van der Waals surface area contributed by atoms with Gasteiger partial charge in [-0.05, 0) is 38.8 Å². The molecular weight excluding hydrogens is 324 g/mol. The normalized spacial score (nSPS) is 22.5. The van der Waals surface area contributed by atoms with Crippen molar-refractivity contribution in [3.05, 3.63) is 65.5 Å². The Bertz CT molecular complexity index is 836. The minimum Gasteiger partial charge on any atom is -0.352 e. The van der Waals surface area contributed by atoms with Gasteiger partial charge in [0.15, 0.2) is 0 Å². The van der Waals surface area contributed by atoms with Gasteiger partial charge in [-0.2, -0.15) is 4.99 Å². The first kappa shape index (κ1) is 16.7. The first-order chi connectivity index (χ1) is 12.5. The third-order valence-electron chi connectivity index (χ3n) is 4.50. The summed E-state index contributed by atoms with van der Waals surface area (Å²) in [6, 6.07) is 14.2. The highest BCUT2D eigenvalue weighted by Gasteiger charge is 2.34. The molecular formula is C20H24N6. The van der Waals surface area contributed by atoms with Crippen LogP contribution in [0.3, 0.4) is 0 Å². The first-order valence-corrected chi connectivity index (χ1v) is 9.07. The van der Waals surface area contributed by atoms with E-state index in [1.54, 1.807) is 0 Å². The second-order valence-electron chi connectivity index (χ2n) is 7.20. The van der Waals surface area contributed by atoms with E-state index < -0.39 is 5.79 Å². The third kappa shape index (κ3) is 3.46. The number of nitrogens with two attached hydrogens (primary N) is 1. The van der Waals surface area contributed by atoms with Crippen LogP contribution in [0.15, 0.2) is 58.6 Å². The van der Waals surface area contributed by atoms with Crippen molar-refractivity contribution < 1.29 is 0 Å². The molecule has 1 atom stereocenters. The summed E-state index contributed by atoms with van der Waals surface area (Å²) in [6.07, 6.45) is 4.28. The number of rotatable bonds is 4. The first-order valence-electron chi connectivity index (χ1n) is 9.07. The van der Waals surface area contributed by atoms with Gasteiger partial charge in [0.05, 0.1) is 0 Å². The molecule has 6 nitrogen and oxygen atoms in total. The highest BCUT2D eigenvalue weighted by molar-refractivity contribution is 6.07. The summed E-state index contributed by atoms with van der Waals surface area (Å²) in [6.45, 7) is 4.10. The monoisotopic (exact) mass is 348 g/mol. The molecule has 4 rings (SSSR count). The van der Waals surface area contributed by atoms with Gasteiger partial charge in [0, 0.05) is 35.0 Å². The maximum atomic E-state index is 6.66. The van der Waals surface area contributed by atoms with Crippen LogP contribution in [-0.4, -0.2) is 22.8 Å². The summed E-state index contributed by atoms with van der Waals surface area (Å²) in [4.78, 5) is 13.8. The van der Waals surface area contributed by atoms with Crippen LogP contribution in [-0.2, 0) is 5.79 Å². The Labute approximate surface area is 153 Å². The largest absolute Gasteiger partial charge is 0.352 e. The molecule has 2 aliphatic rings. The number of nitrogens with zero attached hydrogens (tertiary/aromatic N) is 3. The minimum atomic E-state index is -1.11. The van der Waals surface area contributed by atoms with Gasteiger partial charge < -0.3 is 10.6 Å². The summed E-state index contributed by atoms with van der Waals surface area (Å²) in [7, 11) is 0. The zero-order valence-corrected chi connectivity index (χ0v) is 15.1. The minimum absolute atomic E-state index is 0.201. The molecule has 1 fully saturated rings. The van der Waals surface area contributed by atoms with Gasteiger partial charge in [-0.15, -0.1) is 0 Å². The number of nitrogens with one attached hydrogen (secondary N) is 2. The summed E-state index contributed by atoms with van der Waals surface area (Å²) in [5, 5.41) is 6.56. The number of benzene rings is 1. The molecule has 0 saturated heterocycles. The average molecular weight is 348 g/mol. The van der Waals surface area contributed by atoms with E-state index in [0.29, 0.717) is 17.7 Å². The molecule has 1 aliphatic carbocycles. The molecule has 0 amide bonds. The van der Waals surface area contributed by atoms with Crippen LogP contribution < -0.4 is 16.4 Å². The van der Waals surface area contributed by atoms with Crippen LogP contribution in [0.2, 0.25) is 0 Å². The fourth-order valence-electron chi connectivity index (χ4n) is 2.98. The number of aliphatic imine (C=N–C) groups is 2. The lowest BCUT2D eigenvalue weighted by atomic mass is 10.1. The predicted molar refractivity (Wildman–Crippen MR) is 104 cm³/mol. The quantitative estimate of drug-likeness (QED) is 0.792.